The Morgan fingerprint density at radius 1 is 1.17 bits per heavy atom. The predicted octanol–water partition coefficient (Wildman–Crippen LogP) is 2.43. The lowest BCUT2D eigenvalue weighted by Gasteiger charge is -2.31. The first-order valence-corrected chi connectivity index (χ1v) is 7.12. The summed E-state index contributed by atoms with van der Waals surface area (Å²) >= 11 is 0. The zero-order chi connectivity index (χ0) is 17.0. The zero-order valence-corrected chi connectivity index (χ0v) is 12.5. The van der Waals surface area contributed by atoms with E-state index in [-0.39, 0.29) is 31.8 Å². The maximum Gasteiger partial charge on any atom is 0.471 e. The molecule has 1 saturated heterocycles. The van der Waals surface area contributed by atoms with Gasteiger partial charge in [0.2, 0.25) is 5.91 Å². The molecular formula is C15H17F3N2O3. The summed E-state index contributed by atoms with van der Waals surface area (Å²) in [6.45, 7) is -0.141. The minimum Gasteiger partial charge on any atom is -0.497 e. The van der Waals surface area contributed by atoms with Crippen molar-refractivity contribution in [3.8, 4) is 5.75 Å². The lowest BCUT2D eigenvalue weighted by molar-refractivity contribution is -0.186. The van der Waals surface area contributed by atoms with E-state index in [9.17, 15) is 22.8 Å². The number of carbonyl (C=O) groups is 2. The molecule has 0 aliphatic carbocycles. The molecule has 126 valence electrons. The second kappa shape index (κ2) is 6.89. The van der Waals surface area contributed by atoms with Crippen molar-refractivity contribution in [2.75, 3.05) is 25.5 Å². The van der Waals surface area contributed by atoms with Gasteiger partial charge in [0.1, 0.15) is 5.75 Å². The molecule has 2 rings (SSSR count). The van der Waals surface area contributed by atoms with E-state index in [1.165, 1.54) is 7.11 Å². The number of piperidine rings is 1. The Bertz CT molecular complexity index is 564. The summed E-state index contributed by atoms with van der Waals surface area (Å²) in [5, 5.41) is 2.72. The zero-order valence-electron chi connectivity index (χ0n) is 12.5. The van der Waals surface area contributed by atoms with Gasteiger partial charge in [0.05, 0.1) is 7.11 Å². The van der Waals surface area contributed by atoms with Crippen molar-refractivity contribution in [1.29, 1.82) is 0 Å². The molecule has 1 N–H and O–H groups in total. The molecule has 1 aliphatic heterocycles. The number of halogens is 3. The summed E-state index contributed by atoms with van der Waals surface area (Å²) in [6, 6.07) is 6.75. The average Bonchev–Trinajstić information content (AvgIpc) is 2.54. The molecule has 1 heterocycles. The van der Waals surface area contributed by atoms with Crippen molar-refractivity contribution < 1.29 is 27.5 Å². The van der Waals surface area contributed by atoms with Gasteiger partial charge in [0.15, 0.2) is 0 Å². The number of rotatable bonds is 3. The Morgan fingerprint density at radius 2 is 1.74 bits per heavy atom. The van der Waals surface area contributed by atoms with Gasteiger partial charge in [-0.25, -0.2) is 0 Å². The first-order chi connectivity index (χ1) is 10.8. The van der Waals surface area contributed by atoms with E-state index in [2.05, 4.69) is 5.32 Å². The second-order valence-electron chi connectivity index (χ2n) is 5.28. The maximum absolute atomic E-state index is 12.4. The van der Waals surface area contributed by atoms with E-state index in [0.29, 0.717) is 11.4 Å². The van der Waals surface area contributed by atoms with E-state index in [0.717, 1.165) is 4.90 Å². The van der Waals surface area contributed by atoms with Gasteiger partial charge in [-0.3, -0.25) is 9.59 Å². The maximum atomic E-state index is 12.4. The summed E-state index contributed by atoms with van der Waals surface area (Å²) in [4.78, 5) is 24.0. The van der Waals surface area contributed by atoms with Gasteiger partial charge >= 0.3 is 12.1 Å². The lowest BCUT2D eigenvalue weighted by atomic mass is 9.95. The van der Waals surface area contributed by atoms with Gasteiger partial charge < -0.3 is 15.0 Å². The molecule has 1 aliphatic rings. The molecule has 0 bridgehead atoms. The summed E-state index contributed by atoms with van der Waals surface area (Å²) in [5.74, 6) is -1.85. The monoisotopic (exact) mass is 330 g/mol. The third-order valence-electron chi connectivity index (χ3n) is 3.75. The minimum atomic E-state index is -4.86. The van der Waals surface area contributed by atoms with Crippen LogP contribution in [0.5, 0.6) is 5.75 Å². The summed E-state index contributed by atoms with van der Waals surface area (Å²) < 4.78 is 42.1. The second-order valence-corrected chi connectivity index (χ2v) is 5.28. The van der Waals surface area contributed by atoms with Crippen LogP contribution in [0.1, 0.15) is 12.8 Å². The topological polar surface area (TPSA) is 58.6 Å². The van der Waals surface area contributed by atoms with Gasteiger partial charge in [0, 0.05) is 24.7 Å². The number of hydrogen-bond donors (Lipinski definition) is 1. The first kappa shape index (κ1) is 17.1. The van der Waals surface area contributed by atoms with Crippen molar-refractivity contribution in [1.82, 2.24) is 4.90 Å². The largest absolute Gasteiger partial charge is 0.497 e. The van der Waals surface area contributed by atoms with E-state index in [1.807, 2.05) is 0 Å². The molecule has 0 unspecified atom stereocenters. The molecule has 0 spiro atoms. The third kappa shape index (κ3) is 4.37. The van der Waals surface area contributed by atoms with E-state index >= 15 is 0 Å². The molecule has 1 aromatic rings. The highest BCUT2D eigenvalue weighted by atomic mass is 19.4. The minimum absolute atomic E-state index is 0.0704. The van der Waals surface area contributed by atoms with E-state index < -0.39 is 18.0 Å². The van der Waals surface area contributed by atoms with Crippen LogP contribution in [-0.2, 0) is 9.59 Å². The van der Waals surface area contributed by atoms with Gasteiger partial charge in [-0.15, -0.1) is 0 Å². The van der Waals surface area contributed by atoms with Crippen LogP contribution < -0.4 is 10.1 Å². The van der Waals surface area contributed by atoms with Gasteiger partial charge in [0.25, 0.3) is 0 Å². The van der Waals surface area contributed by atoms with Crippen molar-refractivity contribution in [3.05, 3.63) is 24.3 Å². The van der Waals surface area contributed by atoms with Crippen LogP contribution in [0.25, 0.3) is 0 Å². The predicted molar refractivity (Wildman–Crippen MR) is 77.0 cm³/mol. The van der Waals surface area contributed by atoms with Crippen LogP contribution in [0.15, 0.2) is 24.3 Å². The number of nitrogens with one attached hydrogen (secondary N) is 1. The first-order valence-electron chi connectivity index (χ1n) is 7.12. The van der Waals surface area contributed by atoms with Gasteiger partial charge in [-0.1, -0.05) is 0 Å². The van der Waals surface area contributed by atoms with Gasteiger partial charge in [-0.05, 0) is 37.1 Å². The van der Waals surface area contributed by atoms with Crippen molar-refractivity contribution in [2.24, 2.45) is 5.92 Å². The Labute approximate surface area is 131 Å². The van der Waals surface area contributed by atoms with Crippen LogP contribution in [-0.4, -0.2) is 43.1 Å². The fourth-order valence-electron chi connectivity index (χ4n) is 2.44. The SMILES string of the molecule is COc1ccc(NC(=O)C2CCN(C(=O)C(F)(F)F)CC2)cc1. The number of amides is 2. The molecule has 0 radical (unpaired) electrons. The summed E-state index contributed by atoms with van der Waals surface area (Å²) in [7, 11) is 1.53. The van der Waals surface area contributed by atoms with Crippen LogP contribution in [0.4, 0.5) is 18.9 Å². The molecular weight excluding hydrogens is 313 g/mol. The number of ether oxygens (including phenoxy) is 1. The molecule has 0 saturated carbocycles. The Morgan fingerprint density at radius 3 is 2.22 bits per heavy atom. The number of hydrogen-bond acceptors (Lipinski definition) is 3. The lowest BCUT2D eigenvalue weighted by Crippen LogP contribution is -2.46. The molecule has 1 fully saturated rings. The van der Waals surface area contributed by atoms with Crippen LogP contribution in [0.3, 0.4) is 0 Å². The molecule has 0 atom stereocenters. The van der Waals surface area contributed by atoms with E-state index in [4.69, 9.17) is 4.74 Å². The molecule has 23 heavy (non-hydrogen) atoms. The molecule has 2 amide bonds. The number of methoxy groups -OCH3 is 1. The van der Waals surface area contributed by atoms with Crippen molar-refractivity contribution in [2.45, 2.75) is 19.0 Å². The Balaban J connectivity index is 1.87. The van der Waals surface area contributed by atoms with Crippen molar-refractivity contribution >= 4 is 17.5 Å². The smallest absolute Gasteiger partial charge is 0.471 e. The number of benzene rings is 1. The van der Waals surface area contributed by atoms with Crippen LogP contribution in [0.2, 0.25) is 0 Å². The standard InChI is InChI=1S/C15H17F3N2O3/c1-23-12-4-2-11(3-5-12)19-13(21)10-6-8-20(9-7-10)14(22)15(16,17)18/h2-5,10H,6-9H2,1H3,(H,19,21). The fourth-order valence-corrected chi connectivity index (χ4v) is 2.44. The quantitative estimate of drug-likeness (QED) is 0.926. The fraction of sp³-hybridized carbons (Fsp3) is 0.467. The Hall–Kier alpha value is -2.25. The van der Waals surface area contributed by atoms with E-state index in [1.54, 1.807) is 24.3 Å². The molecule has 5 nitrogen and oxygen atoms in total. The third-order valence-corrected chi connectivity index (χ3v) is 3.75. The molecule has 8 heteroatoms. The van der Waals surface area contributed by atoms with Crippen LogP contribution >= 0.6 is 0 Å². The number of nitrogens with zero attached hydrogens (tertiary/aromatic N) is 1. The summed E-state index contributed by atoms with van der Waals surface area (Å²) in [6.07, 6.45) is -4.44. The number of alkyl halides is 3. The Kier molecular flexibility index (Phi) is 5.12. The molecule has 1 aromatic carbocycles. The number of anilines is 1. The number of likely N-dealkylation sites (tertiary alicyclic amines) is 1. The highest BCUT2D eigenvalue weighted by molar-refractivity contribution is 5.92. The normalized spacial score (nSPS) is 16.1. The number of carbonyl (C=O) groups excluding carboxylic acids is 2. The van der Waals surface area contributed by atoms with Crippen molar-refractivity contribution in [3.63, 3.8) is 0 Å². The molecule has 0 aromatic heterocycles. The van der Waals surface area contributed by atoms with Gasteiger partial charge in [-0.2, -0.15) is 13.2 Å². The van der Waals surface area contributed by atoms with Crippen LogP contribution in [0, 0.1) is 5.92 Å². The highest BCUT2D eigenvalue weighted by Gasteiger charge is 2.43. The summed E-state index contributed by atoms with van der Waals surface area (Å²) in [5.41, 5.74) is 0.588. The average molecular weight is 330 g/mol. The highest BCUT2D eigenvalue weighted by Crippen LogP contribution is 2.25.